The molecule has 3 rings (SSSR count). The Balaban J connectivity index is 1.92. The van der Waals surface area contributed by atoms with Gasteiger partial charge in [0.2, 0.25) is 0 Å². The number of methoxy groups -OCH3 is 2. The van der Waals surface area contributed by atoms with Crippen LogP contribution in [0.2, 0.25) is 5.02 Å². The third kappa shape index (κ3) is 4.03. The summed E-state index contributed by atoms with van der Waals surface area (Å²) in [6.07, 6.45) is 1.74. The van der Waals surface area contributed by atoms with E-state index in [0.29, 0.717) is 32.3 Å². The lowest BCUT2D eigenvalue weighted by molar-refractivity contribution is -0.115. The number of aryl methyl sites for hydroxylation is 1. The molecule has 0 radical (unpaired) electrons. The van der Waals surface area contributed by atoms with E-state index >= 15 is 0 Å². The summed E-state index contributed by atoms with van der Waals surface area (Å²) in [6, 6.07) is 10.9. The van der Waals surface area contributed by atoms with Crippen molar-refractivity contribution in [1.82, 2.24) is 5.32 Å². The van der Waals surface area contributed by atoms with Crippen LogP contribution in [0.1, 0.15) is 11.1 Å². The average molecular weight is 389 g/mol. The van der Waals surface area contributed by atoms with Gasteiger partial charge in [0.25, 0.3) is 5.91 Å². The summed E-state index contributed by atoms with van der Waals surface area (Å²) >= 11 is 7.30. The van der Waals surface area contributed by atoms with Gasteiger partial charge in [-0.05, 0) is 60.7 Å². The zero-order chi connectivity index (χ0) is 18.7. The lowest BCUT2D eigenvalue weighted by Gasteiger charge is -2.06. The van der Waals surface area contributed by atoms with Crippen molar-refractivity contribution in [2.45, 2.75) is 6.92 Å². The molecular formula is C19H17ClN2O3S. The number of halogens is 1. The average Bonchev–Trinajstić information content (AvgIpc) is 2.94. The predicted octanol–water partition coefficient (Wildman–Crippen LogP) is 4.56. The Kier molecular flexibility index (Phi) is 5.54. The standard InChI is InChI=1S/C19H17ClN2O3S/c1-11-4-6-16(25-3)14(8-11)21-19-22-18(23)17(26-19)10-12-9-13(20)5-7-15(12)24-2/h4-10H,1-3H3,(H,21,22,23)/b17-10-. The smallest absolute Gasteiger partial charge is 0.264 e. The molecule has 0 spiro atoms. The minimum Gasteiger partial charge on any atom is -0.496 e. The zero-order valence-electron chi connectivity index (χ0n) is 14.5. The van der Waals surface area contributed by atoms with E-state index in [0.717, 1.165) is 11.1 Å². The summed E-state index contributed by atoms with van der Waals surface area (Å²) in [5, 5.41) is 3.83. The third-order valence-corrected chi connectivity index (χ3v) is 4.83. The lowest BCUT2D eigenvalue weighted by atomic mass is 10.2. The van der Waals surface area contributed by atoms with Gasteiger partial charge < -0.3 is 14.8 Å². The van der Waals surface area contributed by atoms with Gasteiger partial charge in [-0.15, -0.1) is 0 Å². The summed E-state index contributed by atoms with van der Waals surface area (Å²) in [4.78, 5) is 17.3. The van der Waals surface area contributed by atoms with Gasteiger partial charge in [0.1, 0.15) is 17.2 Å². The number of ether oxygens (including phenoxy) is 2. The van der Waals surface area contributed by atoms with Gasteiger partial charge in [-0.3, -0.25) is 4.79 Å². The Bertz CT molecular complexity index is 925. The van der Waals surface area contributed by atoms with Crippen molar-refractivity contribution in [3.05, 3.63) is 57.5 Å². The number of nitrogens with zero attached hydrogens (tertiary/aromatic N) is 1. The van der Waals surface area contributed by atoms with Crippen molar-refractivity contribution in [3.8, 4) is 11.5 Å². The van der Waals surface area contributed by atoms with Crippen LogP contribution >= 0.6 is 23.4 Å². The molecule has 5 nitrogen and oxygen atoms in total. The first-order valence-corrected chi connectivity index (χ1v) is 8.97. The largest absolute Gasteiger partial charge is 0.496 e. The number of carbonyl (C=O) groups is 1. The van der Waals surface area contributed by atoms with Gasteiger partial charge in [-0.1, -0.05) is 17.7 Å². The Morgan fingerprint density at radius 2 is 1.85 bits per heavy atom. The highest BCUT2D eigenvalue weighted by molar-refractivity contribution is 8.18. The van der Waals surface area contributed by atoms with Crippen LogP contribution in [-0.4, -0.2) is 25.3 Å². The first-order chi connectivity index (χ1) is 12.5. The van der Waals surface area contributed by atoms with Crippen LogP contribution in [-0.2, 0) is 4.79 Å². The lowest BCUT2D eigenvalue weighted by Crippen LogP contribution is -2.19. The number of carbonyl (C=O) groups excluding carboxylic acids is 1. The first kappa shape index (κ1) is 18.4. The van der Waals surface area contributed by atoms with Crippen molar-refractivity contribution in [3.63, 3.8) is 0 Å². The van der Waals surface area contributed by atoms with Gasteiger partial charge in [0.05, 0.1) is 19.1 Å². The van der Waals surface area contributed by atoms with E-state index in [1.54, 1.807) is 38.5 Å². The Labute approximate surface area is 161 Å². The minimum atomic E-state index is -0.220. The molecule has 0 aliphatic carbocycles. The van der Waals surface area contributed by atoms with E-state index in [-0.39, 0.29) is 5.91 Å². The van der Waals surface area contributed by atoms with Gasteiger partial charge in [0.15, 0.2) is 5.17 Å². The van der Waals surface area contributed by atoms with E-state index in [1.807, 2.05) is 25.1 Å². The molecule has 2 aromatic carbocycles. The van der Waals surface area contributed by atoms with E-state index in [4.69, 9.17) is 21.1 Å². The van der Waals surface area contributed by atoms with Crippen LogP contribution in [0.15, 0.2) is 46.3 Å². The fraction of sp³-hybridized carbons (Fsp3) is 0.158. The molecule has 1 aliphatic heterocycles. The Morgan fingerprint density at radius 1 is 1.12 bits per heavy atom. The highest BCUT2D eigenvalue weighted by Gasteiger charge is 2.24. The van der Waals surface area contributed by atoms with E-state index in [1.165, 1.54) is 11.8 Å². The van der Waals surface area contributed by atoms with Crippen molar-refractivity contribution >= 4 is 46.2 Å². The molecular weight excluding hydrogens is 372 g/mol. The molecule has 1 amide bonds. The molecule has 0 saturated carbocycles. The normalized spacial score (nSPS) is 16.8. The van der Waals surface area contributed by atoms with Crippen LogP contribution in [0.25, 0.3) is 6.08 Å². The summed E-state index contributed by atoms with van der Waals surface area (Å²) < 4.78 is 10.6. The number of thioether (sulfide) groups is 1. The molecule has 26 heavy (non-hydrogen) atoms. The SMILES string of the molecule is COc1ccc(Cl)cc1/C=C1\SC(=Nc2cc(C)ccc2OC)NC1=O. The second-order valence-electron chi connectivity index (χ2n) is 5.54. The number of amidine groups is 1. The van der Waals surface area contributed by atoms with Gasteiger partial charge in [0, 0.05) is 10.6 Å². The molecule has 1 aliphatic rings. The van der Waals surface area contributed by atoms with Crippen molar-refractivity contribution < 1.29 is 14.3 Å². The third-order valence-electron chi connectivity index (χ3n) is 3.69. The topological polar surface area (TPSA) is 59.9 Å². The minimum absolute atomic E-state index is 0.220. The van der Waals surface area contributed by atoms with Crippen LogP contribution in [0.5, 0.6) is 11.5 Å². The van der Waals surface area contributed by atoms with Crippen LogP contribution in [0.4, 0.5) is 5.69 Å². The summed E-state index contributed by atoms with van der Waals surface area (Å²) in [7, 11) is 3.16. The maximum absolute atomic E-state index is 12.3. The molecule has 1 saturated heterocycles. The molecule has 1 heterocycles. The Morgan fingerprint density at radius 3 is 2.58 bits per heavy atom. The number of rotatable bonds is 4. The monoisotopic (exact) mass is 388 g/mol. The summed E-state index contributed by atoms with van der Waals surface area (Å²) in [5.41, 5.74) is 2.45. The highest BCUT2D eigenvalue weighted by Crippen LogP contribution is 2.34. The van der Waals surface area contributed by atoms with E-state index < -0.39 is 0 Å². The highest BCUT2D eigenvalue weighted by atomic mass is 35.5. The van der Waals surface area contributed by atoms with Crippen molar-refractivity contribution in [1.29, 1.82) is 0 Å². The summed E-state index contributed by atoms with van der Waals surface area (Å²) in [6.45, 7) is 1.97. The molecule has 2 aromatic rings. The number of hydrogen-bond acceptors (Lipinski definition) is 5. The molecule has 0 bridgehead atoms. The maximum Gasteiger partial charge on any atom is 0.264 e. The van der Waals surface area contributed by atoms with Crippen molar-refractivity contribution in [2.24, 2.45) is 4.99 Å². The zero-order valence-corrected chi connectivity index (χ0v) is 16.1. The number of benzene rings is 2. The van der Waals surface area contributed by atoms with Crippen LogP contribution in [0, 0.1) is 6.92 Å². The molecule has 134 valence electrons. The maximum atomic E-state index is 12.3. The van der Waals surface area contributed by atoms with E-state index in [9.17, 15) is 4.79 Å². The summed E-state index contributed by atoms with van der Waals surface area (Å²) in [5.74, 6) is 1.07. The van der Waals surface area contributed by atoms with Gasteiger partial charge in [-0.25, -0.2) is 4.99 Å². The van der Waals surface area contributed by atoms with Crippen molar-refractivity contribution in [2.75, 3.05) is 14.2 Å². The number of aliphatic imine (C=N–C) groups is 1. The number of amides is 1. The molecule has 1 N–H and O–H groups in total. The molecule has 7 heteroatoms. The predicted molar refractivity (Wildman–Crippen MR) is 107 cm³/mol. The fourth-order valence-electron chi connectivity index (χ4n) is 2.44. The van der Waals surface area contributed by atoms with Crippen LogP contribution < -0.4 is 14.8 Å². The quantitative estimate of drug-likeness (QED) is 0.780. The molecule has 0 atom stereocenters. The second-order valence-corrected chi connectivity index (χ2v) is 7.01. The molecule has 0 aromatic heterocycles. The molecule has 1 fully saturated rings. The van der Waals surface area contributed by atoms with Gasteiger partial charge in [-0.2, -0.15) is 0 Å². The Hall–Kier alpha value is -2.44. The molecule has 0 unspecified atom stereocenters. The van der Waals surface area contributed by atoms with E-state index in [2.05, 4.69) is 10.3 Å². The number of hydrogen-bond donors (Lipinski definition) is 1. The number of nitrogens with one attached hydrogen (secondary N) is 1. The second kappa shape index (κ2) is 7.85. The van der Waals surface area contributed by atoms with Crippen LogP contribution in [0.3, 0.4) is 0 Å². The fourth-order valence-corrected chi connectivity index (χ4v) is 3.44. The van der Waals surface area contributed by atoms with Gasteiger partial charge >= 0.3 is 0 Å². The first-order valence-electron chi connectivity index (χ1n) is 7.78.